The van der Waals surface area contributed by atoms with Gasteiger partial charge in [0.1, 0.15) is 0 Å². The lowest BCUT2D eigenvalue weighted by Gasteiger charge is -2.19. The molecule has 0 spiro atoms. The van der Waals surface area contributed by atoms with E-state index < -0.39 is 5.97 Å². The van der Waals surface area contributed by atoms with E-state index >= 15 is 0 Å². The second-order valence-electron chi connectivity index (χ2n) is 4.83. The molecule has 0 bridgehead atoms. The van der Waals surface area contributed by atoms with E-state index in [-0.39, 0.29) is 12.0 Å². The van der Waals surface area contributed by atoms with Gasteiger partial charge in [-0.2, -0.15) is 0 Å². The number of ether oxygens (including phenoxy) is 1. The van der Waals surface area contributed by atoms with Crippen LogP contribution >= 0.6 is 0 Å². The molecule has 1 rings (SSSR count). The fourth-order valence-electron chi connectivity index (χ4n) is 1.24. The fourth-order valence-corrected chi connectivity index (χ4v) is 1.24. The van der Waals surface area contributed by atoms with Crippen molar-refractivity contribution in [1.82, 2.24) is 15.0 Å². The third-order valence-corrected chi connectivity index (χ3v) is 2.04. The molecular weight excluding hydrogens is 222 g/mol. The number of carboxylic acids is 1. The maximum atomic E-state index is 10.4. The third kappa shape index (κ3) is 6.01. The molecule has 1 N–H and O–H groups in total. The molecule has 1 heterocycles. The van der Waals surface area contributed by atoms with Gasteiger partial charge in [-0.15, -0.1) is 5.10 Å². The summed E-state index contributed by atoms with van der Waals surface area (Å²) in [7, 11) is 0. The van der Waals surface area contributed by atoms with Gasteiger partial charge in [0, 0.05) is 12.6 Å². The van der Waals surface area contributed by atoms with E-state index in [0.29, 0.717) is 25.3 Å². The van der Waals surface area contributed by atoms with Crippen molar-refractivity contribution >= 4 is 5.97 Å². The van der Waals surface area contributed by atoms with Gasteiger partial charge in [-0.1, -0.05) is 5.21 Å². The van der Waals surface area contributed by atoms with Gasteiger partial charge in [0.25, 0.3) is 0 Å². The molecule has 17 heavy (non-hydrogen) atoms. The van der Waals surface area contributed by atoms with Crippen LogP contribution in [0.4, 0.5) is 0 Å². The Labute approximate surface area is 101 Å². The normalized spacial score (nSPS) is 11.7. The van der Waals surface area contributed by atoms with Crippen LogP contribution in [-0.2, 0) is 22.5 Å². The van der Waals surface area contributed by atoms with Crippen molar-refractivity contribution in [2.75, 3.05) is 6.61 Å². The number of nitrogens with zero attached hydrogens (tertiary/aromatic N) is 3. The van der Waals surface area contributed by atoms with Crippen molar-refractivity contribution in [2.24, 2.45) is 0 Å². The molecule has 0 saturated carbocycles. The van der Waals surface area contributed by atoms with Crippen molar-refractivity contribution in [1.29, 1.82) is 0 Å². The highest BCUT2D eigenvalue weighted by Crippen LogP contribution is 2.06. The van der Waals surface area contributed by atoms with Gasteiger partial charge in [-0.25, -0.2) is 4.68 Å². The Morgan fingerprint density at radius 2 is 2.24 bits per heavy atom. The van der Waals surface area contributed by atoms with E-state index in [4.69, 9.17) is 9.84 Å². The molecule has 6 heteroatoms. The predicted molar refractivity (Wildman–Crippen MR) is 61.7 cm³/mol. The molecule has 0 aromatic carbocycles. The highest BCUT2D eigenvalue weighted by molar-refractivity contribution is 5.66. The second kappa shape index (κ2) is 5.77. The number of hydrogen-bond acceptors (Lipinski definition) is 4. The standard InChI is InChI=1S/C11H19N3O3/c1-11(2,3)17-7-6-14-8-9(12-13-14)4-5-10(15)16/h8H,4-7H2,1-3H3,(H,15,16). The average molecular weight is 241 g/mol. The van der Waals surface area contributed by atoms with Gasteiger partial charge in [0.2, 0.25) is 0 Å². The van der Waals surface area contributed by atoms with Crippen molar-refractivity contribution in [3.05, 3.63) is 11.9 Å². The lowest BCUT2D eigenvalue weighted by molar-refractivity contribution is -0.136. The maximum Gasteiger partial charge on any atom is 0.303 e. The summed E-state index contributed by atoms with van der Waals surface area (Å²) in [6.07, 6.45) is 2.25. The van der Waals surface area contributed by atoms with Crippen molar-refractivity contribution < 1.29 is 14.6 Å². The number of aliphatic carboxylic acids is 1. The summed E-state index contributed by atoms with van der Waals surface area (Å²) in [4.78, 5) is 10.4. The van der Waals surface area contributed by atoms with Gasteiger partial charge in [0.15, 0.2) is 0 Å². The first-order chi connectivity index (χ1) is 7.87. The van der Waals surface area contributed by atoms with Crippen LogP contribution in [0.5, 0.6) is 0 Å². The van der Waals surface area contributed by atoms with Gasteiger partial charge in [-0.3, -0.25) is 4.79 Å². The quantitative estimate of drug-likeness (QED) is 0.807. The molecule has 0 atom stereocenters. The molecule has 0 aliphatic heterocycles. The van der Waals surface area contributed by atoms with E-state index in [1.54, 1.807) is 10.9 Å². The molecule has 0 aliphatic carbocycles. The Morgan fingerprint density at radius 1 is 1.53 bits per heavy atom. The Bertz CT molecular complexity index is 368. The van der Waals surface area contributed by atoms with E-state index in [1.807, 2.05) is 20.8 Å². The highest BCUT2D eigenvalue weighted by Gasteiger charge is 2.10. The maximum absolute atomic E-state index is 10.4. The molecule has 6 nitrogen and oxygen atoms in total. The lowest BCUT2D eigenvalue weighted by Crippen LogP contribution is -2.22. The van der Waals surface area contributed by atoms with Crippen LogP contribution in [-0.4, -0.2) is 38.3 Å². The first kappa shape index (κ1) is 13.6. The minimum Gasteiger partial charge on any atom is -0.481 e. The van der Waals surface area contributed by atoms with Gasteiger partial charge < -0.3 is 9.84 Å². The smallest absolute Gasteiger partial charge is 0.303 e. The Morgan fingerprint density at radius 3 is 2.82 bits per heavy atom. The minimum absolute atomic E-state index is 0.0805. The van der Waals surface area contributed by atoms with E-state index in [0.717, 1.165) is 0 Å². The Hall–Kier alpha value is -1.43. The molecule has 0 unspecified atom stereocenters. The van der Waals surface area contributed by atoms with Crippen molar-refractivity contribution in [2.45, 2.75) is 45.8 Å². The van der Waals surface area contributed by atoms with Crippen LogP contribution in [0, 0.1) is 0 Å². The van der Waals surface area contributed by atoms with Crippen LogP contribution < -0.4 is 0 Å². The zero-order valence-electron chi connectivity index (χ0n) is 10.5. The molecule has 1 aromatic rings. The summed E-state index contributed by atoms with van der Waals surface area (Å²) < 4.78 is 7.23. The van der Waals surface area contributed by atoms with Crippen LogP contribution in [0.2, 0.25) is 0 Å². The van der Waals surface area contributed by atoms with E-state index in [1.165, 1.54) is 0 Å². The zero-order chi connectivity index (χ0) is 12.9. The minimum atomic E-state index is -0.824. The molecule has 0 amide bonds. The third-order valence-electron chi connectivity index (χ3n) is 2.04. The summed E-state index contributed by atoms with van der Waals surface area (Å²) in [6.45, 7) is 7.16. The molecule has 1 aromatic heterocycles. The van der Waals surface area contributed by atoms with Crippen LogP contribution in [0.1, 0.15) is 32.9 Å². The largest absolute Gasteiger partial charge is 0.481 e. The fraction of sp³-hybridized carbons (Fsp3) is 0.727. The first-order valence-electron chi connectivity index (χ1n) is 5.61. The number of aromatic nitrogens is 3. The Kier molecular flexibility index (Phi) is 4.62. The first-order valence-corrected chi connectivity index (χ1v) is 5.61. The average Bonchev–Trinajstić information content (AvgIpc) is 2.61. The number of hydrogen-bond donors (Lipinski definition) is 1. The SMILES string of the molecule is CC(C)(C)OCCn1cc(CCC(=O)O)nn1. The van der Waals surface area contributed by atoms with E-state index in [2.05, 4.69) is 10.3 Å². The summed E-state index contributed by atoms with van der Waals surface area (Å²) in [5.41, 5.74) is 0.537. The molecule has 96 valence electrons. The molecule has 0 radical (unpaired) electrons. The lowest BCUT2D eigenvalue weighted by atomic mass is 10.2. The van der Waals surface area contributed by atoms with Gasteiger partial charge in [-0.05, 0) is 20.8 Å². The van der Waals surface area contributed by atoms with Crippen molar-refractivity contribution in [3.63, 3.8) is 0 Å². The molecular formula is C11H19N3O3. The van der Waals surface area contributed by atoms with Crippen LogP contribution in [0.3, 0.4) is 0 Å². The molecule has 0 saturated heterocycles. The number of rotatable bonds is 6. The topological polar surface area (TPSA) is 77.2 Å². The van der Waals surface area contributed by atoms with Crippen molar-refractivity contribution in [3.8, 4) is 0 Å². The summed E-state index contributed by atoms with van der Waals surface area (Å²) in [5.74, 6) is -0.824. The molecule has 0 aliphatic rings. The zero-order valence-corrected chi connectivity index (χ0v) is 10.5. The number of carbonyl (C=O) groups is 1. The number of aryl methyl sites for hydroxylation is 1. The summed E-state index contributed by atoms with van der Waals surface area (Å²) in [5, 5.41) is 16.3. The highest BCUT2D eigenvalue weighted by atomic mass is 16.5. The van der Waals surface area contributed by atoms with Crippen LogP contribution in [0.25, 0.3) is 0 Å². The summed E-state index contributed by atoms with van der Waals surface area (Å²) in [6, 6.07) is 0. The summed E-state index contributed by atoms with van der Waals surface area (Å²) >= 11 is 0. The van der Waals surface area contributed by atoms with Gasteiger partial charge in [0.05, 0.1) is 30.9 Å². The predicted octanol–water partition coefficient (Wildman–Crippen LogP) is 1.11. The number of carboxylic acid groups (broad SMARTS) is 1. The van der Waals surface area contributed by atoms with Gasteiger partial charge >= 0.3 is 5.97 Å². The Balaban J connectivity index is 2.33. The van der Waals surface area contributed by atoms with E-state index in [9.17, 15) is 4.79 Å². The van der Waals surface area contributed by atoms with Crippen LogP contribution in [0.15, 0.2) is 6.20 Å². The second-order valence-corrected chi connectivity index (χ2v) is 4.83. The monoisotopic (exact) mass is 241 g/mol. The molecule has 0 fully saturated rings.